The van der Waals surface area contributed by atoms with Gasteiger partial charge in [0.2, 0.25) is 0 Å². The summed E-state index contributed by atoms with van der Waals surface area (Å²) >= 11 is 3.61. The monoisotopic (exact) mass is 319 g/mol. The predicted octanol–water partition coefficient (Wildman–Crippen LogP) is 4.85. The molecule has 102 valence electrons. The van der Waals surface area contributed by atoms with Crippen LogP contribution in [0.1, 0.15) is 38.5 Å². The lowest BCUT2D eigenvalue weighted by atomic mass is 9.52. The molecule has 2 heteroatoms. The van der Waals surface area contributed by atoms with E-state index in [0.29, 0.717) is 5.54 Å². The van der Waals surface area contributed by atoms with Crippen molar-refractivity contribution >= 4 is 21.6 Å². The van der Waals surface area contributed by atoms with Gasteiger partial charge in [-0.05, 0) is 74.5 Å². The molecule has 1 aromatic carbocycles. The number of hydrogen-bond acceptors (Lipinski definition) is 1. The molecule has 4 fully saturated rings. The summed E-state index contributed by atoms with van der Waals surface area (Å²) in [7, 11) is 2.33. The quantitative estimate of drug-likeness (QED) is 0.752. The number of halogens is 1. The van der Waals surface area contributed by atoms with E-state index in [0.717, 1.165) is 17.8 Å². The number of nitrogens with zero attached hydrogens (tertiary/aromatic N) is 1. The minimum atomic E-state index is 0.468. The van der Waals surface area contributed by atoms with Gasteiger partial charge in [0.15, 0.2) is 0 Å². The lowest BCUT2D eigenvalue weighted by Gasteiger charge is -2.60. The summed E-state index contributed by atoms with van der Waals surface area (Å²) < 4.78 is 1.20. The molecule has 0 aliphatic heterocycles. The molecule has 19 heavy (non-hydrogen) atoms. The Kier molecular flexibility index (Phi) is 2.74. The highest BCUT2D eigenvalue weighted by Crippen LogP contribution is 2.58. The van der Waals surface area contributed by atoms with E-state index in [1.807, 2.05) is 0 Å². The van der Waals surface area contributed by atoms with Crippen molar-refractivity contribution in [2.24, 2.45) is 17.8 Å². The first-order valence-electron chi connectivity index (χ1n) is 7.64. The third kappa shape index (κ3) is 1.94. The van der Waals surface area contributed by atoms with Crippen molar-refractivity contribution in [3.05, 3.63) is 28.7 Å². The molecule has 0 unspecified atom stereocenters. The molecule has 0 N–H and O–H groups in total. The molecule has 4 aliphatic rings. The molecule has 4 aliphatic carbocycles. The maximum Gasteiger partial charge on any atom is 0.0407 e. The van der Waals surface area contributed by atoms with Crippen LogP contribution >= 0.6 is 15.9 Å². The number of hydrogen-bond donors (Lipinski definition) is 0. The highest BCUT2D eigenvalue weighted by Gasteiger charge is 2.52. The first-order valence-corrected chi connectivity index (χ1v) is 8.43. The fraction of sp³-hybridized carbons (Fsp3) is 0.647. The van der Waals surface area contributed by atoms with E-state index in [2.05, 4.69) is 52.1 Å². The summed E-state index contributed by atoms with van der Waals surface area (Å²) in [6, 6.07) is 8.83. The SMILES string of the molecule is CN(c1cccc(Br)c1)C12CC3CC(CC(C3)C1)C2. The maximum atomic E-state index is 3.61. The van der Waals surface area contributed by atoms with Crippen molar-refractivity contribution in [2.75, 3.05) is 11.9 Å². The maximum absolute atomic E-state index is 3.61. The zero-order chi connectivity index (χ0) is 13.0. The lowest BCUT2D eigenvalue weighted by Crippen LogP contribution is -2.59. The molecule has 0 amide bonds. The van der Waals surface area contributed by atoms with Crippen molar-refractivity contribution in [3.63, 3.8) is 0 Å². The van der Waals surface area contributed by atoms with Crippen molar-refractivity contribution in [1.29, 1.82) is 0 Å². The molecule has 0 spiro atoms. The zero-order valence-electron chi connectivity index (χ0n) is 11.6. The summed E-state index contributed by atoms with van der Waals surface area (Å²) in [6.07, 6.45) is 8.86. The first-order chi connectivity index (χ1) is 9.14. The summed E-state index contributed by atoms with van der Waals surface area (Å²) in [6.45, 7) is 0. The summed E-state index contributed by atoms with van der Waals surface area (Å²) in [4.78, 5) is 2.61. The Bertz CT molecular complexity index is 461. The Morgan fingerprint density at radius 3 is 2.16 bits per heavy atom. The lowest BCUT2D eigenvalue weighted by molar-refractivity contribution is -0.00200. The molecule has 0 atom stereocenters. The molecule has 5 rings (SSSR count). The zero-order valence-corrected chi connectivity index (χ0v) is 13.2. The van der Waals surface area contributed by atoms with Gasteiger partial charge in [0.05, 0.1) is 0 Å². The van der Waals surface area contributed by atoms with Crippen molar-refractivity contribution in [1.82, 2.24) is 0 Å². The van der Waals surface area contributed by atoms with Gasteiger partial charge < -0.3 is 4.90 Å². The predicted molar refractivity (Wildman–Crippen MR) is 83.4 cm³/mol. The van der Waals surface area contributed by atoms with Crippen molar-refractivity contribution < 1.29 is 0 Å². The molecule has 1 aromatic rings. The summed E-state index contributed by atoms with van der Waals surface area (Å²) in [5.74, 6) is 3.04. The second-order valence-electron chi connectivity index (χ2n) is 7.18. The topological polar surface area (TPSA) is 3.24 Å². The minimum absolute atomic E-state index is 0.468. The number of anilines is 1. The molecule has 4 bridgehead atoms. The third-order valence-corrected chi connectivity index (χ3v) is 6.41. The molecular weight excluding hydrogens is 298 g/mol. The second-order valence-corrected chi connectivity index (χ2v) is 8.10. The van der Waals surface area contributed by atoms with Crippen molar-refractivity contribution in [2.45, 2.75) is 44.1 Å². The number of rotatable bonds is 2. The average Bonchev–Trinajstić information content (AvgIpc) is 2.36. The van der Waals surface area contributed by atoms with Crippen LogP contribution < -0.4 is 4.90 Å². The van der Waals surface area contributed by atoms with Crippen LogP contribution in [-0.2, 0) is 0 Å². The first kappa shape index (κ1) is 12.3. The second kappa shape index (κ2) is 4.25. The van der Waals surface area contributed by atoms with Gasteiger partial charge in [-0.15, -0.1) is 0 Å². The number of benzene rings is 1. The van der Waals surface area contributed by atoms with Crippen LogP contribution in [0.3, 0.4) is 0 Å². The molecular formula is C17H22BrN. The van der Waals surface area contributed by atoms with E-state index >= 15 is 0 Å². The average molecular weight is 320 g/mol. The molecule has 0 saturated heterocycles. The normalized spacial score (nSPS) is 39.6. The van der Waals surface area contributed by atoms with Gasteiger partial charge in [0.1, 0.15) is 0 Å². The Hall–Kier alpha value is -0.500. The van der Waals surface area contributed by atoms with Gasteiger partial charge >= 0.3 is 0 Å². The van der Waals surface area contributed by atoms with E-state index in [-0.39, 0.29) is 0 Å². The van der Waals surface area contributed by atoms with Gasteiger partial charge in [-0.2, -0.15) is 0 Å². The van der Waals surface area contributed by atoms with Crippen molar-refractivity contribution in [3.8, 4) is 0 Å². The molecule has 1 nitrogen and oxygen atoms in total. The van der Waals surface area contributed by atoms with E-state index in [4.69, 9.17) is 0 Å². The van der Waals surface area contributed by atoms with Crippen LogP contribution in [0.25, 0.3) is 0 Å². The fourth-order valence-electron chi connectivity index (χ4n) is 5.43. The third-order valence-electron chi connectivity index (χ3n) is 5.91. The van der Waals surface area contributed by atoms with Crippen LogP contribution in [0, 0.1) is 17.8 Å². The smallest absolute Gasteiger partial charge is 0.0407 e. The summed E-state index contributed by atoms with van der Waals surface area (Å²) in [5, 5.41) is 0. The van der Waals surface area contributed by atoms with E-state index < -0.39 is 0 Å². The van der Waals surface area contributed by atoms with Crippen LogP contribution in [0.4, 0.5) is 5.69 Å². The Balaban J connectivity index is 1.68. The van der Waals surface area contributed by atoms with Gasteiger partial charge in [-0.3, -0.25) is 0 Å². The van der Waals surface area contributed by atoms with Gasteiger partial charge in [0.25, 0.3) is 0 Å². The van der Waals surface area contributed by atoms with Crippen LogP contribution in [0.2, 0.25) is 0 Å². The summed E-state index contributed by atoms with van der Waals surface area (Å²) in [5.41, 5.74) is 1.85. The fourth-order valence-corrected chi connectivity index (χ4v) is 5.82. The van der Waals surface area contributed by atoms with E-state index in [9.17, 15) is 0 Å². The molecule has 0 aromatic heterocycles. The Morgan fingerprint density at radius 2 is 1.63 bits per heavy atom. The van der Waals surface area contributed by atoms with Gasteiger partial charge in [-0.25, -0.2) is 0 Å². The molecule has 0 radical (unpaired) electrons. The van der Waals surface area contributed by atoms with E-state index in [1.165, 1.54) is 48.7 Å². The van der Waals surface area contributed by atoms with Crippen LogP contribution in [0.5, 0.6) is 0 Å². The Morgan fingerprint density at radius 1 is 1.05 bits per heavy atom. The Labute approximate surface area is 124 Å². The minimum Gasteiger partial charge on any atom is -0.369 e. The van der Waals surface area contributed by atoms with Crippen LogP contribution in [0.15, 0.2) is 28.7 Å². The molecule has 4 saturated carbocycles. The molecule has 0 heterocycles. The van der Waals surface area contributed by atoms with Gasteiger partial charge in [0, 0.05) is 22.7 Å². The van der Waals surface area contributed by atoms with E-state index in [1.54, 1.807) is 0 Å². The van der Waals surface area contributed by atoms with Gasteiger partial charge in [-0.1, -0.05) is 22.0 Å². The highest BCUT2D eigenvalue weighted by molar-refractivity contribution is 9.10. The highest BCUT2D eigenvalue weighted by atomic mass is 79.9. The van der Waals surface area contributed by atoms with Crippen LogP contribution in [-0.4, -0.2) is 12.6 Å². The largest absolute Gasteiger partial charge is 0.369 e. The standard InChI is InChI=1S/C17H22BrN/c1-19(16-4-2-3-15(18)8-16)17-9-12-5-13(10-17)7-14(6-12)11-17/h2-4,8,12-14H,5-7,9-11H2,1H3.